The first-order valence-corrected chi connectivity index (χ1v) is 10.7. The van der Waals surface area contributed by atoms with Gasteiger partial charge in [0.15, 0.2) is 0 Å². The van der Waals surface area contributed by atoms with Crippen molar-refractivity contribution in [1.29, 1.82) is 0 Å². The molecule has 1 N–H and O–H groups in total. The molecule has 8 nitrogen and oxygen atoms in total. The van der Waals surface area contributed by atoms with E-state index in [1.54, 1.807) is 29.9 Å². The molecule has 9 heteroatoms. The monoisotopic (exact) mass is 451 g/mol. The predicted molar refractivity (Wildman–Crippen MR) is 126 cm³/mol. The number of fused-ring (bicyclic) bond motifs is 2. The van der Waals surface area contributed by atoms with Gasteiger partial charge >= 0.3 is 0 Å². The van der Waals surface area contributed by atoms with Gasteiger partial charge in [-0.05, 0) is 42.5 Å². The van der Waals surface area contributed by atoms with Gasteiger partial charge in [0.25, 0.3) is 0 Å². The van der Waals surface area contributed by atoms with E-state index >= 15 is 0 Å². The quantitative estimate of drug-likeness (QED) is 0.382. The van der Waals surface area contributed by atoms with E-state index in [1.165, 1.54) is 12.4 Å². The lowest BCUT2D eigenvalue weighted by atomic mass is 10.1. The Bertz CT molecular complexity index is 1660. The van der Waals surface area contributed by atoms with Crippen molar-refractivity contribution in [2.75, 3.05) is 5.32 Å². The molecular weight excluding hydrogens is 433 g/mol. The summed E-state index contributed by atoms with van der Waals surface area (Å²) in [5, 5.41) is 17.6. The summed E-state index contributed by atoms with van der Waals surface area (Å²) in [6.45, 7) is 2.11. The predicted octanol–water partition coefficient (Wildman–Crippen LogP) is 5.27. The second-order valence-corrected chi connectivity index (χ2v) is 7.87. The van der Waals surface area contributed by atoms with Crippen molar-refractivity contribution < 1.29 is 8.81 Å². The van der Waals surface area contributed by atoms with Crippen LogP contribution in [0.25, 0.3) is 33.3 Å². The Kier molecular flexibility index (Phi) is 4.72. The summed E-state index contributed by atoms with van der Waals surface area (Å²) in [5.74, 6) is 1.36. The summed E-state index contributed by atoms with van der Waals surface area (Å²) in [4.78, 5) is 8.80. The topological polar surface area (TPSA) is 94.5 Å². The van der Waals surface area contributed by atoms with E-state index in [2.05, 4.69) is 30.6 Å². The highest BCUT2D eigenvalue weighted by molar-refractivity contribution is 5.94. The minimum Gasteiger partial charge on any atom is -0.421 e. The highest BCUT2D eigenvalue weighted by atomic mass is 19.1. The van der Waals surface area contributed by atoms with E-state index in [0.717, 1.165) is 33.1 Å². The molecule has 0 aliphatic carbocycles. The first kappa shape index (κ1) is 20.0. The van der Waals surface area contributed by atoms with Crippen molar-refractivity contribution in [2.24, 2.45) is 0 Å². The van der Waals surface area contributed by atoms with Crippen molar-refractivity contribution in [3.8, 4) is 11.5 Å². The lowest BCUT2D eigenvalue weighted by Crippen LogP contribution is -2.03. The summed E-state index contributed by atoms with van der Waals surface area (Å²) >= 11 is 0. The molecule has 3 aromatic carbocycles. The molecule has 3 aromatic heterocycles. The Morgan fingerprint density at radius 2 is 1.91 bits per heavy atom. The molecule has 0 spiro atoms. The molecule has 6 rings (SSSR count). The van der Waals surface area contributed by atoms with Crippen LogP contribution in [0.1, 0.15) is 11.5 Å². The van der Waals surface area contributed by atoms with Gasteiger partial charge in [0, 0.05) is 34.5 Å². The maximum absolute atomic E-state index is 14.1. The second-order valence-electron chi connectivity index (χ2n) is 7.87. The third-order valence-corrected chi connectivity index (χ3v) is 5.59. The van der Waals surface area contributed by atoms with Crippen molar-refractivity contribution >= 4 is 33.3 Å². The molecule has 0 radical (unpaired) electrons. The van der Waals surface area contributed by atoms with E-state index in [-0.39, 0.29) is 5.82 Å². The van der Waals surface area contributed by atoms with Crippen LogP contribution in [0, 0.1) is 12.7 Å². The Morgan fingerprint density at radius 1 is 1.00 bits per heavy atom. The zero-order chi connectivity index (χ0) is 23.1. The zero-order valence-corrected chi connectivity index (χ0v) is 18.1. The van der Waals surface area contributed by atoms with Gasteiger partial charge in [0.1, 0.15) is 18.0 Å². The lowest BCUT2D eigenvalue weighted by molar-refractivity contribution is 0.533. The minimum absolute atomic E-state index is 0.241. The summed E-state index contributed by atoms with van der Waals surface area (Å²) in [5.41, 5.74) is 3.92. The standard InChI is InChI=1S/C25H18FN7O/c1-15-31-32-25(34-15)16-6-8-22-20(11-16)24(28-14-27-22)30-19-7-9-23-18(10-19)12-29-33(23)13-17-4-2-3-5-21(17)26/h2-12,14H,13H2,1H3,(H,27,28,30). The molecule has 0 atom stereocenters. The number of aromatic nitrogens is 6. The average molecular weight is 451 g/mol. The molecule has 0 saturated heterocycles. The Hall–Kier alpha value is -4.66. The Morgan fingerprint density at radius 3 is 2.76 bits per heavy atom. The van der Waals surface area contributed by atoms with E-state index in [1.807, 2.05) is 42.5 Å². The summed E-state index contributed by atoms with van der Waals surface area (Å²) in [6.07, 6.45) is 3.29. The fourth-order valence-corrected chi connectivity index (χ4v) is 3.92. The molecule has 6 aromatic rings. The number of hydrogen-bond acceptors (Lipinski definition) is 7. The van der Waals surface area contributed by atoms with Crippen LogP contribution in [-0.4, -0.2) is 29.9 Å². The van der Waals surface area contributed by atoms with Crippen molar-refractivity contribution in [3.63, 3.8) is 0 Å². The van der Waals surface area contributed by atoms with E-state index in [9.17, 15) is 4.39 Å². The summed E-state index contributed by atoms with van der Waals surface area (Å²) in [6, 6.07) is 18.3. The van der Waals surface area contributed by atoms with Crippen molar-refractivity contribution in [3.05, 3.63) is 90.5 Å². The Balaban J connectivity index is 1.33. The highest BCUT2D eigenvalue weighted by Gasteiger charge is 2.12. The zero-order valence-electron chi connectivity index (χ0n) is 18.1. The first-order chi connectivity index (χ1) is 16.6. The number of halogens is 1. The highest BCUT2D eigenvalue weighted by Crippen LogP contribution is 2.29. The van der Waals surface area contributed by atoms with Gasteiger partial charge in [-0.25, -0.2) is 14.4 Å². The van der Waals surface area contributed by atoms with Crippen LogP contribution in [0.3, 0.4) is 0 Å². The van der Waals surface area contributed by atoms with E-state index in [4.69, 9.17) is 4.42 Å². The number of nitrogens with zero attached hydrogens (tertiary/aromatic N) is 6. The molecule has 34 heavy (non-hydrogen) atoms. The average Bonchev–Trinajstić information content (AvgIpc) is 3.46. The van der Waals surface area contributed by atoms with Gasteiger partial charge in [-0.15, -0.1) is 10.2 Å². The SMILES string of the molecule is Cc1nnc(-c2ccc3ncnc(Nc4ccc5c(cnn5Cc5ccccc5F)c4)c3c2)o1. The third kappa shape index (κ3) is 3.62. The normalized spacial score (nSPS) is 11.4. The van der Waals surface area contributed by atoms with E-state index < -0.39 is 0 Å². The third-order valence-electron chi connectivity index (χ3n) is 5.59. The van der Waals surface area contributed by atoms with Crippen LogP contribution < -0.4 is 5.32 Å². The van der Waals surface area contributed by atoms with Crippen LogP contribution >= 0.6 is 0 Å². The molecule has 166 valence electrons. The smallest absolute Gasteiger partial charge is 0.247 e. The molecule has 3 heterocycles. The van der Waals surface area contributed by atoms with Crippen molar-refractivity contribution in [1.82, 2.24) is 29.9 Å². The van der Waals surface area contributed by atoms with Crippen LogP contribution in [0.15, 0.2) is 77.6 Å². The van der Waals surface area contributed by atoms with Crippen molar-refractivity contribution in [2.45, 2.75) is 13.5 Å². The molecule has 0 unspecified atom stereocenters. The van der Waals surface area contributed by atoms with Gasteiger partial charge < -0.3 is 9.73 Å². The van der Waals surface area contributed by atoms with Crippen LogP contribution in [0.2, 0.25) is 0 Å². The lowest BCUT2D eigenvalue weighted by Gasteiger charge is -2.10. The van der Waals surface area contributed by atoms with E-state index in [0.29, 0.717) is 29.7 Å². The van der Waals surface area contributed by atoms with Crippen LogP contribution in [-0.2, 0) is 6.54 Å². The maximum Gasteiger partial charge on any atom is 0.247 e. The number of aryl methyl sites for hydroxylation is 1. The fourth-order valence-electron chi connectivity index (χ4n) is 3.92. The van der Waals surface area contributed by atoms with Crippen LogP contribution in [0.5, 0.6) is 0 Å². The number of benzene rings is 3. The first-order valence-electron chi connectivity index (χ1n) is 10.7. The molecule has 0 amide bonds. The summed E-state index contributed by atoms with van der Waals surface area (Å²) < 4.78 is 21.4. The fraction of sp³-hybridized carbons (Fsp3) is 0.0800. The molecule has 0 fully saturated rings. The molecule has 0 bridgehead atoms. The largest absolute Gasteiger partial charge is 0.421 e. The molecule has 0 aliphatic heterocycles. The van der Waals surface area contributed by atoms with Crippen LogP contribution in [0.4, 0.5) is 15.9 Å². The number of hydrogen-bond donors (Lipinski definition) is 1. The second kappa shape index (κ2) is 8.04. The molecule has 0 saturated carbocycles. The molecule has 0 aliphatic rings. The Labute approximate surface area is 193 Å². The van der Waals surface area contributed by atoms with Gasteiger partial charge in [0.05, 0.1) is 23.8 Å². The number of rotatable bonds is 5. The minimum atomic E-state index is -0.241. The number of anilines is 2. The van der Waals surface area contributed by atoms with Gasteiger partial charge in [-0.3, -0.25) is 4.68 Å². The van der Waals surface area contributed by atoms with Gasteiger partial charge in [0.2, 0.25) is 11.8 Å². The number of nitrogens with one attached hydrogen (secondary N) is 1. The molecular formula is C25H18FN7O. The van der Waals surface area contributed by atoms with Gasteiger partial charge in [-0.2, -0.15) is 5.10 Å². The maximum atomic E-state index is 14.1. The van der Waals surface area contributed by atoms with Gasteiger partial charge in [-0.1, -0.05) is 18.2 Å². The summed E-state index contributed by atoms with van der Waals surface area (Å²) in [7, 11) is 0.